The van der Waals surface area contributed by atoms with E-state index in [-0.39, 0.29) is 6.10 Å². The minimum atomic E-state index is 0.231. The van der Waals surface area contributed by atoms with Crippen LogP contribution in [-0.4, -0.2) is 42.3 Å². The van der Waals surface area contributed by atoms with Gasteiger partial charge >= 0.3 is 0 Å². The zero-order valence-corrected chi connectivity index (χ0v) is 16.2. The van der Waals surface area contributed by atoms with Crippen molar-refractivity contribution in [1.82, 2.24) is 9.97 Å². The molecule has 0 saturated carbocycles. The lowest BCUT2D eigenvalue weighted by Gasteiger charge is -2.28. The summed E-state index contributed by atoms with van der Waals surface area (Å²) in [5.74, 6) is 1.16. The minimum absolute atomic E-state index is 0.231. The fraction of sp³-hybridized carbons (Fsp3) is 0.500. The highest BCUT2D eigenvalue weighted by Gasteiger charge is 2.16. The Labute approximate surface area is 165 Å². The van der Waals surface area contributed by atoms with E-state index in [1.165, 1.54) is 24.9 Å². The molecule has 0 spiro atoms. The maximum Gasteiger partial charge on any atom is 0.229 e. The van der Waals surface area contributed by atoms with Crippen molar-refractivity contribution in [2.45, 2.75) is 38.2 Å². The van der Waals surface area contributed by atoms with Crippen molar-refractivity contribution in [1.29, 1.82) is 0 Å². The Morgan fingerprint density at radius 1 is 1.11 bits per heavy atom. The average Bonchev–Trinajstić information content (AvgIpc) is 3.23. The molecule has 2 aliphatic heterocycles. The van der Waals surface area contributed by atoms with E-state index in [0.29, 0.717) is 23.3 Å². The molecule has 1 atom stereocenters. The van der Waals surface area contributed by atoms with Gasteiger partial charge in [0.2, 0.25) is 5.95 Å². The third-order valence-electron chi connectivity index (χ3n) is 5.11. The molecule has 0 radical (unpaired) electrons. The summed E-state index contributed by atoms with van der Waals surface area (Å²) in [7, 11) is 0. The van der Waals surface area contributed by atoms with Gasteiger partial charge < -0.3 is 20.3 Å². The van der Waals surface area contributed by atoms with Crippen LogP contribution in [0.1, 0.15) is 32.1 Å². The summed E-state index contributed by atoms with van der Waals surface area (Å²) in [6.45, 7) is 3.84. The first-order valence-corrected chi connectivity index (χ1v) is 10.2. The molecular formula is C20H26ClN5O. The van der Waals surface area contributed by atoms with Crippen LogP contribution in [0.3, 0.4) is 0 Å². The molecule has 6 nitrogen and oxygen atoms in total. The molecule has 7 heteroatoms. The smallest absolute Gasteiger partial charge is 0.229 e. The van der Waals surface area contributed by atoms with E-state index in [1.807, 2.05) is 0 Å². The fourth-order valence-electron chi connectivity index (χ4n) is 3.60. The zero-order valence-electron chi connectivity index (χ0n) is 15.5. The number of halogens is 1. The Morgan fingerprint density at radius 2 is 1.93 bits per heavy atom. The lowest BCUT2D eigenvalue weighted by Crippen LogP contribution is -2.29. The number of benzene rings is 1. The number of anilines is 4. The van der Waals surface area contributed by atoms with E-state index in [2.05, 4.69) is 49.8 Å². The first-order chi connectivity index (χ1) is 13.3. The summed E-state index contributed by atoms with van der Waals surface area (Å²) in [5.41, 5.74) is 2.24. The molecule has 0 amide bonds. The molecular weight excluding hydrogens is 362 g/mol. The van der Waals surface area contributed by atoms with E-state index in [9.17, 15) is 0 Å². The first-order valence-electron chi connectivity index (χ1n) is 9.78. The molecule has 2 saturated heterocycles. The van der Waals surface area contributed by atoms with Crippen molar-refractivity contribution in [3.05, 3.63) is 35.5 Å². The Kier molecular flexibility index (Phi) is 5.94. The molecule has 1 aromatic carbocycles. The monoisotopic (exact) mass is 387 g/mol. The summed E-state index contributed by atoms with van der Waals surface area (Å²) in [4.78, 5) is 11.2. The number of hydrogen-bond donors (Lipinski definition) is 2. The maximum absolute atomic E-state index is 6.23. The van der Waals surface area contributed by atoms with Gasteiger partial charge in [-0.25, -0.2) is 4.98 Å². The summed E-state index contributed by atoms with van der Waals surface area (Å²) in [5, 5.41) is 7.05. The standard InChI is InChI=1S/C20H26ClN5O/c21-18-14-23-20(25-19(18)22-13-17-5-4-12-27-17)24-15-6-8-16(9-7-15)26-10-2-1-3-11-26/h6-9,14,17H,1-5,10-13H2,(H2,22,23,24,25)/t17-/m1/s1. The van der Waals surface area contributed by atoms with Gasteiger partial charge in [0.1, 0.15) is 5.02 Å². The van der Waals surface area contributed by atoms with Crippen LogP contribution in [0.5, 0.6) is 0 Å². The second kappa shape index (κ2) is 8.76. The molecule has 2 fully saturated rings. The van der Waals surface area contributed by atoms with Crippen LogP contribution in [0.2, 0.25) is 5.02 Å². The minimum Gasteiger partial charge on any atom is -0.376 e. The van der Waals surface area contributed by atoms with Gasteiger partial charge in [0.15, 0.2) is 5.82 Å². The molecule has 27 heavy (non-hydrogen) atoms. The van der Waals surface area contributed by atoms with Crippen molar-refractivity contribution in [3.8, 4) is 0 Å². The molecule has 2 N–H and O–H groups in total. The van der Waals surface area contributed by atoms with Crippen molar-refractivity contribution in [3.63, 3.8) is 0 Å². The fourth-order valence-corrected chi connectivity index (χ4v) is 3.76. The van der Waals surface area contributed by atoms with Gasteiger partial charge in [0.25, 0.3) is 0 Å². The SMILES string of the molecule is Clc1cnc(Nc2ccc(N3CCCCC3)cc2)nc1NC[C@H]1CCCO1. The van der Waals surface area contributed by atoms with Crippen LogP contribution in [0.4, 0.5) is 23.1 Å². The van der Waals surface area contributed by atoms with Crippen LogP contribution in [-0.2, 0) is 4.74 Å². The Bertz CT molecular complexity index is 743. The second-order valence-electron chi connectivity index (χ2n) is 7.13. The predicted molar refractivity (Wildman–Crippen MR) is 110 cm³/mol. The van der Waals surface area contributed by atoms with Gasteiger partial charge in [-0.05, 0) is 56.4 Å². The second-order valence-corrected chi connectivity index (χ2v) is 7.53. The Balaban J connectivity index is 1.38. The normalized spacial score (nSPS) is 19.9. The predicted octanol–water partition coefficient (Wildman–Crippen LogP) is 4.45. The number of hydrogen-bond acceptors (Lipinski definition) is 6. The molecule has 2 aliphatic rings. The van der Waals surface area contributed by atoms with Crippen LogP contribution in [0, 0.1) is 0 Å². The number of ether oxygens (including phenoxy) is 1. The van der Waals surface area contributed by atoms with Crippen molar-refractivity contribution in [2.75, 3.05) is 41.8 Å². The Morgan fingerprint density at radius 3 is 2.67 bits per heavy atom. The number of nitrogens with one attached hydrogen (secondary N) is 2. The lowest BCUT2D eigenvalue weighted by molar-refractivity contribution is 0.120. The highest BCUT2D eigenvalue weighted by Crippen LogP contribution is 2.25. The van der Waals surface area contributed by atoms with Crippen molar-refractivity contribution >= 4 is 34.7 Å². The first kappa shape index (κ1) is 18.3. The summed E-state index contributed by atoms with van der Waals surface area (Å²) < 4.78 is 5.63. The maximum atomic E-state index is 6.23. The third-order valence-corrected chi connectivity index (χ3v) is 5.39. The third kappa shape index (κ3) is 4.82. The van der Waals surface area contributed by atoms with Crippen LogP contribution < -0.4 is 15.5 Å². The lowest BCUT2D eigenvalue weighted by atomic mass is 10.1. The number of piperidine rings is 1. The van der Waals surface area contributed by atoms with Crippen molar-refractivity contribution < 1.29 is 4.74 Å². The van der Waals surface area contributed by atoms with E-state index in [4.69, 9.17) is 16.3 Å². The highest BCUT2D eigenvalue weighted by molar-refractivity contribution is 6.32. The van der Waals surface area contributed by atoms with Crippen LogP contribution in [0.25, 0.3) is 0 Å². The van der Waals surface area contributed by atoms with E-state index < -0.39 is 0 Å². The number of aromatic nitrogens is 2. The summed E-state index contributed by atoms with van der Waals surface area (Å²) in [6.07, 6.45) is 7.94. The highest BCUT2D eigenvalue weighted by atomic mass is 35.5. The average molecular weight is 388 g/mol. The van der Waals surface area contributed by atoms with Gasteiger partial charge in [-0.3, -0.25) is 0 Å². The van der Waals surface area contributed by atoms with Crippen LogP contribution >= 0.6 is 11.6 Å². The number of nitrogens with zero attached hydrogens (tertiary/aromatic N) is 3. The van der Waals surface area contributed by atoms with Crippen LogP contribution in [0.15, 0.2) is 30.5 Å². The molecule has 144 valence electrons. The molecule has 0 bridgehead atoms. The van der Waals surface area contributed by atoms with E-state index in [0.717, 1.165) is 38.2 Å². The van der Waals surface area contributed by atoms with E-state index >= 15 is 0 Å². The molecule has 2 aromatic rings. The summed E-state index contributed by atoms with van der Waals surface area (Å²) >= 11 is 6.23. The largest absolute Gasteiger partial charge is 0.376 e. The van der Waals surface area contributed by atoms with Gasteiger partial charge in [-0.2, -0.15) is 4.98 Å². The molecule has 0 unspecified atom stereocenters. The van der Waals surface area contributed by atoms with Gasteiger partial charge in [-0.1, -0.05) is 11.6 Å². The Hall–Kier alpha value is -2.05. The molecule has 0 aliphatic carbocycles. The van der Waals surface area contributed by atoms with Gasteiger partial charge in [-0.15, -0.1) is 0 Å². The molecule has 4 rings (SSSR count). The molecule has 1 aromatic heterocycles. The van der Waals surface area contributed by atoms with E-state index in [1.54, 1.807) is 6.20 Å². The van der Waals surface area contributed by atoms with Gasteiger partial charge in [0, 0.05) is 37.6 Å². The number of rotatable bonds is 6. The molecule has 3 heterocycles. The van der Waals surface area contributed by atoms with Gasteiger partial charge in [0.05, 0.1) is 12.3 Å². The zero-order chi connectivity index (χ0) is 18.5. The van der Waals surface area contributed by atoms with Crippen molar-refractivity contribution in [2.24, 2.45) is 0 Å². The topological polar surface area (TPSA) is 62.3 Å². The summed E-state index contributed by atoms with van der Waals surface area (Å²) in [6, 6.07) is 8.45. The quantitative estimate of drug-likeness (QED) is 0.763.